The number of nitrogens with zero attached hydrogens (tertiary/aromatic N) is 1. The molecule has 0 fully saturated rings. The van der Waals surface area contributed by atoms with Crippen molar-refractivity contribution >= 4 is 23.2 Å². The summed E-state index contributed by atoms with van der Waals surface area (Å²) in [5.41, 5.74) is 6.75. The predicted octanol–water partition coefficient (Wildman–Crippen LogP) is 5.31. The molecule has 212 valence electrons. The molecule has 7 nitrogen and oxygen atoms in total. The molecule has 0 aliphatic heterocycles. The third kappa shape index (κ3) is 8.35. The maximum atomic E-state index is 13.3. The number of methoxy groups -OCH3 is 1. The number of hydrogen-bond acceptors (Lipinski definition) is 5. The summed E-state index contributed by atoms with van der Waals surface area (Å²) < 4.78 is 5.19. The highest BCUT2D eigenvalue weighted by Gasteiger charge is 2.22. The minimum atomic E-state index is -0.728. The molecule has 2 amide bonds. The molecule has 4 aromatic carbocycles. The Morgan fingerprint density at radius 3 is 2.10 bits per heavy atom. The van der Waals surface area contributed by atoms with Crippen LogP contribution in [0.1, 0.15) is 21.5 Å². The molecule has 0 bridgehead atoms. The Labute approximate surface area is 242 Å². The number of benzene rings is 4. The van der Waals surface area contributed by atoms with Crippen LogP contribution < -0.4 is 25.6 Å². The zero-order valence-electron chi connectivity index (χ0n) is 24.1. The summed E-state index contributed by atoms with van der Waals surface area (Å²) in [7, 11) is 5.67. The summed E-state index contributed by atoms with van der Waals surface area (Å²) >= 11 is 0. The van der Waals surface area contributed by atoms with Crippen molar-refractivity contribution in [1.29, 1.82) is 0 Å². The normalized spacial score (nSPS) is 11.3. The van der Waals surface area contributed by atoms with Crippen LogP contribution in [0.3, 0.4) is 0 Å². The number of rotatable bonds is 12. The van der Waals surface area contributed by atoms with Crippen LogP contribution in [-0.4, -0.2) is 52.2 Å². The molecule has 0 unspecified atom stereocenters. The first-order valence-corrected chi connectivity index (χ1v) is 13.7. The number of ether oxygens (including phenoxy) is 1. The standard InChI is InChI=1S/C34H38N4O3/c1-24-6-5-7-28(22-24)33(39)37-32(34(40)36-21-20-35-29-14-18-31(41-4)19-15-29)23-25-8-10-26(11-9-25)27-12-16-30(17-13-27)38(2)3/h5-19,22,32,35H,20-21,23H2,1-4H3,(H,36,40)(H,37,39)/t32-/m0/s1. The first kappa shape index (κ1) is 29.2. The number of carbonyl (C=O) groups excluding carboxylic acids is 2. The van der Waals surface area contributed by atoms with Crippen molar-refractivity contribution in [2.45, 2.75) is 19.4 Å². The van der Waals surface area contributed by atoms with Gasteiger partial charge in [0.1, 0.15) is 11.8 Å². The van der Waals surface area contributed by atoms with Crippen LogP contribution in [0, 0.1) is 6.92 Å². The van der Waals surface area contributed by atoms with E-state index in [-0.39, 0.29) is 11.8 Å². The lowest BCUT2D eigenvalue weighted by Crippen LogP contribution is -2.48. The van der Waals surface area contributed by atoms with E-state index in [1.807, 2.05) is 75.6 Å². The van der Waals surface area contributed by atoms with Crippen molar-refractivity contribution in [1.82, 2.24) is 10.6 Å². The number of nitrogens with one attached hydrogen (secondary N) is 3. The molecule has 4 aromatic rings. The highest BCUT2D eigenvalue weighted by Crippen LogP contribution is 2.23. The molecule has 7 heteroatoms. The lowest BCUT2D eigenvalue weighted by Gasteiger charge is -2.19. The van der Waals surface area contributed by atoms with Gasteiger partial charge in [-0.15, -0.1) is 0 Å². The van der Waals surface area contributed by atoms with E-state index in [1.54, 1.807) is 13.2 Å². The van der Waals surface area contributed by atoms with Gasteiger partial charge in [-0.2, -0.15) is 0 Å². The van der Waals surface area contributed by atoms with E-state index < -0.39 is 6.04 Å². The van der Waals surface area contributed by atoms with Gasteiger partial charge in [0.05, 0.1) is 7.11 Å². The van der Waals surface area contributed by atoms with Crippen molar-refractivity contribution in [3.63, 3.8) is 0 Å². The van der Waals surface area contributed by atoms with Crippen LogP contribution >= 0.6 is 0 Å². The van der Waals surface area contributed by atoms with Crippen LogP contribution in [0.4, 0.5) is 11.4 Å². The zero-order chi connectivity index (χ0) is 29.2. The Hall–Kier alpha value is -4.78. The van der Waals surface area contributed by atoms with Gasteiger partial charge in [0.15, 0.2) is 0 Å². The molecule has 0 aliphatic rings. The molecule has 3 N–H and O–H groups in total. The molecule has 4 rings (SSSR count). The molecule has 0 radical (unpaired) electrons. The third-order valence-electron chi connectivity index (χ3n) is 6.86. The molecule has 0 saturated heterocycles. The Bertz CT molecular complexity index is 1430. The minimum absolute atomic E-state index is 0.231. The van der Waals surface area contributed by atoms with E-state index >= 15 is 0 Å². The van der Waals surface area contributed by atoms with Crippen molar-refractivity contribution < 1.29 is 14.3 Å². The van der Waals surface area contributed by atoms with E-state index in [0.717, 1.165) is 39.4 Å². The summed E-state index contributed by atoms with van der Waals surface area (Å²) in [5, 5.41) is 9.21. The average molecular weight is 551 g/mol. The molecule has 0 saturated carbocycles. The average Bonchev–Trinajstić information content (AvgIpc) is 2.99. The number of hydrogen-bond donors (Lipinski definition) is 3. The number of amides is 2. The summed E-state index contributed by atoms with van der Waals surface area (Å²) in [6.07, 6.45) is 0.370. The molecule has 41 heavy (non-hydrogen) atoms. The van der Waals surface area contributed by atoms with Crippen LogP contribution in [0.2, 0.25) is 0 Å². The van der Waals surface area contributed by atoms with Crippen molar-refractivity contribution in [2.75, 3.05) is 44.5 Å². The van der Waals surface area contributed by atoms with Crippen LogP contribution in [0.15, 0.2) is 97.1 Å². The summed E-state index contributed by atoms with van der Waals surface area (Å²) in [6, 6.07) is 30.7. The SMILES string of the molecule is COc1ccc(NCCNC(=O)[C@H](Cc2ccc(-c3ccc(N(C)C)cc3)cc2)NC(=O)c2cccc(C)c2)cc1. The lowest BCUT2D eigenvalue weighted by molar-refractivity contribution is -0.122. The zero-order valence-corrected chi connectivity index (χ0v) is 24.1. The molecule has 0 spiro atoms. The van der Waals surface area contributed by atoms with Crippen molar-refractivity contribution in [3.05, 3.63) is 114 Å². The van der Waals surface area contributed by atoms with E-state index in [9.17, 15) is 9.59 Å². The fourth-order valence-electron chi connectivity index (χ4n) is 4.48. The third-order valence-corrected chi connectivity index (χ3v) is 6.86. The molecule has 1 atom stereocenters. The van der Waals surface area contributed by atoms with Gasteiger partial charge in [-0.3, -0.25) is 9.59 Å². The van der Waals surface area contributed by atoms with Gasteiger partial charge in [-0.05, 0) is 72.1 Å². The van der Waals surface area contributed by atoms with Crippen LogP contribution in [0.5, 0.6) is 5.75 Å². The Balaban J connectivity index is 1.41. The molecule has 0 aromatic heterocycles. The molecular formula is C34H38N4O3. The topological polar surface area (TPSA) is 82.7 Å². The summed E-state index contributed by atoms with van der Waals surface area (Å²) in [4.78, 5) is 28.4. The van der Waals surface area contributed by atoms with Gasteiger partial charge < -0.3 is 25.6 Å². The maximum Gasteiger partial charge on any atom is 0.251 e. The summed E-state index contributed by atoms with van der Waals surface area (Å²) in [6.45, 7) is 2.88. The van der Waals surface area contributed by atoms with E-state index in [2.05, 4.69) is 57.2 Å². The monoisotopic (exact) mass is 550 g/mol. The second-order valence-corrected chi connectivity index (χ2v) is 10.2. The number of anilines is 2. The highest BCUT2D eigenvalue weighted by atomic mass is 16.5. The number of carbonyl (C=O) groups is 2. The molecule has 0 aliphatic carbocycles. The minimum Gasteiger partial charge on any atom is -0.497 e. The predicted molar refractivity (Wildman–Crippen MR) is 167 cm³/mol. The smallest absolute Gasteiger partial charge is 0.251 e. The maximum absolute atomic E-state index is 13.3. The second-order valence-electron chi connectivity index (χ2n) is 10.2. The molecular weight excluding hydrogens is 512 g/mol. The van der Waals surface area contributed by atoms with Gasteiger partial charge >= 0.3 is 0 Å². The van der Waals surface area contributed by atoms with Gasteiger partial charge in [0.25, 0.3) is 5.91 Å². The van der Waals surface area contributed by atoms with Gasteiger partial charge in [-0.1, -0.05) is 54.1 Å². The quantitative estimate of drug-likeness (QED) is 0.208. The highest BCUT2D eigenvalue weighted by molar-refractivity contribution is 5.97. The fourth-order valence-corrected chi connectivity index (χ4v) is 4.48. The lowest BCUT2D eigenvalue weighted by atomic mass is 9.99. The van der Waals surface area contributed by atoms with Crippen molar-refractivity contribution in [2.24, 2.45) is 0 Å². The first-order valence-electron chi connectivity index (χ1n) is 13.7. The summed E-state index contributed by atoms with van der Waals surface area (Å²) in [5.74, 6) is 0.278. The van der Waals surface area contributed by atoms with Crippen molar-refractivity contribution in [3.8, 4) is 16.9 Å². The Kier molecular flexibility index (Phi) is 9.99. The molecule has 0 heterocycles. The van der Waals surface area contributed by atoms with E-state index in [0.29, 0.717) is 25.1 Å². The van der Waals surface area contributed by atoms with E-state index in [4.69, 9.17) is 4.74 Å². The van der Waals surface area contributed by atoms with E-state index in [1.165, 1.54) is 0 Å². The van der Waals surface area contributed by atoms with Gasteiger partial charge in [-0.25, -0.2) is 0 Å². The van der Waals surface area contributed by atoms with Gasteiger partial charge in [0.2, 0.25) is 5.91 Å². The van der Waals surface area contributed by atoms with Crippen LogP contribution in [0.25, 0.3) is 11.1 Å². The first-order chi connectivity index (χ1) is 19.8. The second kappa shape index (κ2) is 14.0. The fraction of sp³-hybridized carbons (Fsp3) is 0.235. The number of aryl methyl sites for hydroxylation is 1. The Morgan fingerprint density at radius 2 is 1.49 bits per heavy atom. The van der Waals surface area contributed by atoms with Crippen LogP contribution in [-0.2, 0) is 11.2 Å². The Morgan fingerprint density at radius 1 is 0.829 bits per heavy atom. The largest absolute Gasteiger partial charge is 0.497 e. The van der Waals surface area contributed by atoms with Gasteiger partial charge in [0, 0.05) is 50.5 Å².